The van der Waals surface area contributed by atoms with Crippen molar-refractivity contribution in [3.05, 3.63) is 64.6 Å². The summed E-state index contributed by atoms with van der Waals surface area (Å²) < 4.78 is 51.8. The van der Waals surface area contributed by atoms with Crippen LogP contribution in [0.2, 0.25) is 5.02 Å². The van der Waals surface area contributed by atoms with E-state index in [4.69, 9.17) is 20.9 Å². The Bertz CT molecular complexity index is 1490. The van der Waals surface area contributed by atoms with Crippen molar-refractivity contribution in [2.45, 2.75) is 64.5 Å². The molecule has 2 amide bonds. The number of ketones is 1. The number of nitrogens with one attached hydrogen (secondary N) is 1. The molecule has 1 aromatic heterocycles. The highest BCUT2D eigenvalue weighted by atomic mass is 35.5. The van der Waals surface area contributed by atoms with Crippen molar-refractivity contribution in [3.63, 3.8) is 0 Å². The standard InChI is InChI=1S/C29H31ClF2N3O6P/c1-3-20(9-10-40-42-39)41-21-7-8-22-23(17(2)36)15-34(25(22)12-21)16-27(37)35-14-19(31)11-26(35)29(38)33-13-18-5-4-6-24(30)28(18)32/h4-8,12,15,19-20,26H,3,9-11,13-14,16H2,1-2H3,(H,33,38)/t19-,20?,26+/m1/s1. The molecule has 1 aliphatic rings. The number of carbonyl (C=O) groups is 3. The summed E-state index contributed by atoms with van der Waals surface area (Å²) in [7, 11) is -0.401. The van der Waals surface area contributed by atoms with E-state index < -0.39 is 38.5 Å². The van der Waals surface area contributed by atoms with Crippen molar-refractivity contribution < 1.29 is 37.0 Å². The lowest BCUT2D eigenvalue weighted by Gasteiger charge is -2.24. The molecule has 3 aromatic rings. The molecule has 4 rings (SSSR count). The number of carbonyl (C=O) groups excluding carboxylic acids is 3. The number of nitrogens with zero attached hydrogens (tertiary/aromatic N) is 2. The van der Waals surface area contributed by atoms with Crippen molar-refractivity contribution in [2.75, 3.05) is 13.2 Å². The Labute approximate surface area is 248 Å². The predicted molar refractivity (Wildman–Crippen MR) is 153 cm³/mol. The number of benzene rings is 2. The summed E-state index contributed by atoms with van der Waals surface area (Å²) in [5, 5.41) is 3.12. The molecule has 1 unspecified atom stereocenters. The van der Waals surface area contributed by atoms with Gasteiger partial charge in [0, 0.05) is 48.2 Å². The fourth-order valence-electron chi connectivity index (χ4n) is 5.05. The van der Waals surface area contributed by atoms with Gasteiger partial charge >= 0.3 is 8.69 Å². The van der Waals surface area contributed by atoms with Gasteiger partial charge in [-0.05, 0) is 31.5 Å². The maximum atomic E-state index is 14.5. The highest BCUT2D eigenvalue weighted by Crippen LogP contribution is 2.29. The number of fused-ring (bicyclic) bond motifs is 1. The molecule has 0 spiro atoms. The molecule has 9 nitrogen and oxygen atoms in total. The van der Waals surface area contributed by atoms with E-state index in [-0.39, 0.29) is 55.1 Å². The van der Waals surface area contributed by atoms with Gasteiger partial charge in [-0.3, -0.25) is 18.9 Å². The van der Waals surface area contributed by atoms with E-state index in [2.05, 4.69) is 5.32 Å². The number of hydrogen-bond donors (Lipinski definition) is 1. The number of ether oxygens (including phenoxy) is 1. The molecule has 0 radical (unpaired) electrons. The minimum atomic E-state index is -1.40. The lowest BCUT2D eigenvalue weighted by molar-refractivity contribution is -0.139. The summed E-state index contributed by atoms with van der Waals surface area (Å²) >= 11 is 5.81. The van der Waals surface area contributed by atoms with Crippen molar-refractivity contribution in [2.24, 2.45) is 0 Å². The molecule has 3 atom stereocenters. The number of aromatic nitrogens is 1. The Balaban J connectivity index is 1.52. The van der Waals surface area contributed by atoms with E-state index in [0.29, 0.717) is 35.1 Å². The van der Waals surface area contributed by atoms with Crippen LogP contribution in [0.3, 0.4) is 0 Å². The highest BCUT2D eigenvalue weighted by molar-refractivity contribution is 7.17. The summed E-state index contributed by atoms with van der Waals surface area (Å²) in [6.45, 7) is 2.93. The molecule has 224 valence electrons. The van der Waals surface area contributed by atoms with Crippen molar-refractivity contribution in [1.82, 2.24) is 14.8 Å². The molecule has 0 saturated carbocycles. The van der Waals surface area contributed by atoms with Gasteiger partial charge < -0.3 is 19.5 Å². The smallest absolute Gasteiger partial charge is 0.327 e. The first-order chi connectivity index (χ1) is 20.1. The molecule has 1 fully saturated rings. The van der Waals surface area contributed by atoms with Crippen molar-refractivity contribution in [1.29, 1.82) is 0 Å². The summed E-state index contributed by atoms with van der Waals surface area (Å²) in [6.07, 6.45) is 0.932. The van der Waals surface area contributed by atoms with Crippen LogP contribution in [0.4, 0.5) is 8.78 Å². The molecule has 13 heteroatoms. The minimum absolute atomic E-state index is 0.0844. The number of Topliss-reactive ketones (excluding diaryl/α,β-unsaturated/α-hetero) is 1. The van der Waals surface area contributed by atoms with E-state index in [9.17, 15) is 27.7 Å². The van der Waals surface area contributed by atoms with E-state index in [1.807, 2.05) is 6.92 Å². The Morgan fingerprint density at radius 3 is 2.74 bits per heavy atom. The Morgan fingerprint density at radius 2 is 2.02 bits per heavy atom. The summed E-state index contributed by atoms with van der Waals surface area (Å²) in [4.78, 5) is 40.0. The average molecular weight is 622 g/mol. The fraction of sp³-hybridized carbons (Fsp3) is 0.414. The van der Waals surface area contributed by atoms with E-state index in [1.54, 1.807) is 35.0 Å². The molecule has 0 bridgehead atoms. The van der Waals surface area contributed by atoms with Crippen LogP contribution in [0.5, 0.6) is 5.75 Å². The topological polar surface area (TPSA) is 107 Å². The van der Waals surface area contributed by atoms with Crippen LogP contribution in [-0.2, 0) is 31.8 Å². The number of alkyl halides is 1. The maximum absolute atomic E-state index is 14.5. The third-order valence-electron chi connectivity index (χ3n) is 7.24. The second-order valence-electron chi connectivity index (χ2n) is 10.1. The molecule has 1 saturated heterocycles. The fourth-order valence-corrected chi connectivity index (χ4v) is 5.42. The van der Waals surface area contributed by atoms with Gasteiger partial charge in [-0.1, -0.05) is 30.7 Å². The third-order valence-corrected chi connectivity index (χ3v) is 7.82. The van der Waals surface area contributed by atoms with Crippen LogP contribution in [0.25, 0.3) is 10.9 Å². The summed E-state index contributed by atoms with van der Waals surface area (Å²) in [6, 6.07) is 8.52. The van der Waals surface area contributed by atoms with Gasteiger partial charge in [0.05, 0.1) is 23.7 Å². The largest absolute Gasteiger partial charge is 0.490 e. The number of amides is 2. The van der Waals surface area contributed by atoms with Gasteiger partial charge in [-0.15, -0.1) is 0 Å². The van der Waals surface area contributed by atoms with Gasteiger partial charge in [-0.25, -0.2) is 13.3 Å². The van der Waals surface area contributed by atoms with Gasteiger partial charge in [0.1, 0.15) is 36.4 Å². The maximum Gasteiger partial charge on any atom is 0.327 e. The monoisotopic (exact) mass is 621 g/mol. The van der Waals surface area contributed by atoms with Crippen LogP contribution in [0, 0.1) is 5.82 Å². The zero-order valence-electron chi connectivity index (χ0n) is 23.1. The van der Waals surface area contributed by atoms with Gasteiger partial charge in [0.2, 0.25) is 11.8 Å². The summed E-state index contributed by atoms with van der Waals surface area (Å²) in [5.74, 6) is -1.47. The SMILES string of the molecule is CCC(CCOP=O)Oc1ccc2c(C(C)=O)cn(CC(=O)N3C[C@H](F)C[C@H]3C(=O)NCc3cccc(Cl)c3F)c2c1. The zero-order valence-corrected chi connectivity index (χ0v) is 24.8. The van der Waals surface area contributed by atoms with Crippen LogP contribution in [0.15, 0.2) is 42.6 Å². The van der Waals surface area contributed by atoms with Crippen LogP contribution < -0.4 is 10.1 Å². The first-order valence-corrected chi connectivity index (χ1v) is 14.6. The Hall–Kier alpha value is -3.40. The van der Waals surface area contributed by atoms with Gasteiger partial charge in [-0.2, -0.15) is 0 Å². The van der Waals surface area contributed by atoms with E-state index in [0.717, 1.165) is 0 Å². The highest BCUT2D eigenvalue weighted by Gasteiger charge is 2.39. The molecule has 2 aromatic carbocycles. The van der Waals surface area contributed by atoms with Crippen LogP contribution in [0.1, 0.15) is 49.0 Å². The van der Waals surface area contributed by atoms with Crippen molar-refractivity contribution >= 4 is 48.8 Å². The molecule has 0 aliphatic carbocycles. The van der Waals surface area contributed by atoms with Crippen molar-refractivity contribution in [3.8, 4) is 5.75 Å². The Kier molecular flexibility index (Phi) is 10.6. The number of likely N-dealkylation sites (tertiary alicyclic amines) is 1. The number of rotatable bonds is 13. The lowest BCUT2D eigenvalue weighted by atomic mass is 10.1. The van der Waals surface area contributed by atoms with Crippen LogP contribution in [-0.4, -0.2) is 58.5 Å². The van der Waals surface area contributed by atoms with E-state index in [1.165, 1.54) is 24.0 Å². The third kappa shape index (κ3) is 7.32. The summed E-state index contributed by atoms with van der Waals surface area (Å²) in [5.41, 5.74) is 1.13. The number of halogens is 3. The molecular weight excluding hydrogens is 591 g/mol. The van der Waals surface area contributed by atoms with E-state index >= 15 is 0 Å². The average Bonchev–Trinajstić information content (AvgIpc) is 3.53. The van der Waals surface area contributed by atoms with Gasteiger partial charge in [0.25, 0.3) is 0 Å². The first kappa shape index (κ1) is 31.5. The normalized spacial score (nSPS) is 17.5. The van der Waals surface area contributed by atoms with Gasteiger partial charge in [0.15, 0.2) is 5.78 Å². The molecule has 42 heavy (non-hydrogen) atoms. The molecule has 2 heterocycles. The number of hydrogen-bond acceptors (Lipinski definition) is 6. The zero-order chi connectivity index (χ0) is 30.4. The quantitative estimate of drug-likeness (QED) is 0.150. The predicted octanol–water partition coefficient (Wildman–Crippen LogP) is 5.66. The second kappa shape index (κ2) is 14.2. The lowest BCUT2D eigenvalue weighted by Crippen LogP contribution is -2.46. The molecular formula is C29H31ClF2N3O6P. The minimum Gasteiger partial charge on any atom is -0.490 e. The second-order valence-corrected chi connectivity index (χ2v) is 10.9. The molecule has 1 N–H and O–H groups in total. The van der Waals surface area contributed by atoms with Crippen LogP contribution >= 0.6 is 20.3 Å². The first-order valence-electron chi connectivity index (χ1n) is 13.5. The Morgan fingerprint density at radius 1 is 1.24 bits per heavy atom. The molecule has 1 aliphatic heterocycles.